The maximum atomic E-state index is 11.2. The lowest BCUT2D eigenvalue weighted by atomic mass is 10.0. The average Bonchev–Trinajstić information content (AvgIpc) is 3.21. The zero-order valence-corrected chi connectivity index (χ0v) is 12.3. The number of allylic oxidation sites excluding steroid dienone is 2. The van der Waals surface area contributed by atoms with E-state index in [-0.39, 0.29) is 40.4 Å². The first-order valence-electron chi connectivity index (χ1n) is 7.35. The van der Waals surface area contributed by atoms with Crippen molar-refractivity contribution in [2.45, 2.75) is 18.3 Å². The summed E-state index contributed by atoms with van der Waals surface area (Å²) in [4.78, 5) is 22.5. The quantitative estimate of drug-likeness (QED) is 0.643. The highest BCUT2D eigenvalue weighted by atomic mass is 16.4. The molecule has 0 saturated carbocycles. The van der Waals surface area contributed by atoms with Gasteiger partial charge in [-0.3, -0.25) is 4.57 Å². The molecule has 1 aromatic heterocycles. The molecule has 7 heteroatoms. The van der Waals surface area contributed by atoms with Crippen LogP contribution in [0.1, 0.15) is 50.1 Å². The molecule has 2 unspecified atom stereocenters. The van der Waals surface area contributed by atoms with Crippen molar-refractivity contribution in [3.05, 3.63) is 52.6 Å². The van der Waals surface area contributed by atoms with Gasteiger partial charge in [-0.05, 0) is 24.6 Å². The molecule has 0 amide bonds. The number of carboxylic acids is 2. The maximum Gasteiger partial charge on any atom is 0.335 e. The van der Waals surface area contributed by atoms with E-state index >= 15 is 0 Å². The summed E-state index contributed by atoms with van der Waals surface area (Å²) in [6.45, 7) is 0. The van der Waals surface area contributed by atoms with E-state index in [2.05, 4.69) is 0 Å². The standard InChI is InChI=1S/C17H13NO6/c19-14-12-7-1-2-8(3-7)13(12)15(20)18(14)11-5-9(16(21)22)4-10(6-11)17(23)24/h1-2,4-8,19-20H,3H2,(H,21,22)(H,23,24). The van der Waals surface area contributed by atoms with Crippen LogP contribution in [0.4, 0.5) is 0 Å². The highest BCUT2D eigenvalue weighted by Crippen LogP contribution is 2.57. The summed E-state index contributed by atoms with van der Waals surface area (Å²) in [6, 6.07) is 3.47. The van der Waals surface area contributed by atoms with Gasteiger partial charge in [-0.25, -0.2) is 9.59 Å². The Labute approximate surface area is 135 Å². The normalized spacial score (nSPS) is 20.3. The minimum Gasteiger partial charge on any atom is -0.494 e. The number of benzene rings is 1. The van der Waals surface area contributed by atoms with Crippen LogP contribution in [-0.2, 0) is 0 Å². The summed E-state index contributed by atoms with van der Waals surface area (Å²) in [5, 5.41) is 39.4. The molecule has 122 valence electrons. The van der Waals surface area contributed by atoms with E-state index in [1.807, 2.05) is 12.2 Å². The molecule has 0 fully saturated rings. The van der Waals surface area contributed by atoms with Crippen LogP contribution in [0.5, 0.6) is 11.8 Å². The van der Waals surface area contributed by atoms with Crippen molar-refractivity contribution in [2.24, 2.45) is 0 Å². The Morgan fingerprint density at radius 1 is 0.875 bits per heavy atom. The minimum absolute atomic E-state index is 0.0127. The highest BCUT2D eigenvalue weighted by Gasteiger charge is 2.41. The molecule has 1 aromatic carbocycles. The molecule has 0 radical (unpaired) electrons. The second-order valence-corrected chi connectivity index (χ2v) is 6.02. The number of nitrogens with zero attached hydrogens (tertiary/aromatic N) is 1. The largest absolute Gasteiger partial charge is 0.494 e. The molecule has 2 atom stereocenters. The van der Waals surface area contributed by atoms with Gasteiger partial charge in [0.05, 0.1) is 16.8 Å². The van der Waals surface area contributed by atoms with E-state index < -0.39 is 11.9 Å². The Hall–Kier alpha value is -3.22. The van der Waals surface area contributed by atoms with Gasteiger partial charge in [0.15, 0.2) is 0 Å². The lowest BCUT2D eigenvalue weighted by Gasteiger charge is -2.11. The molecule has 2 aliphatic rings. The average molecular weight is 327 g/mol. The number of hydrogen-bond acceptors (Lipinski definition) is 4. The van der Waals surface area contributed by atoms with Crippen molar-refractivity contribution in [3.8, 4) is 17.4 Å². The molecule has 0 saturated heterocycles. The van der Waals surface area contributed by atoms with Crippen molar-refractivity contribution in [3.63, 3.8) is 0 Å². The first-order chi connectivity index (χ1) is 11.4. The molecule has 1 heterocycles. The van der Waals surface area contributed by atoms with E-state index in [0.29, 0.717) is 11.1 Å². The molecule has 7 nitrogen and oxygen atoms in total. The van der Waals surface area contributed by atoms with Gasteiger partial charge in [0.2, 0.25) is 11.8 Å². The zero-order valence-electron chi connectivity index (χ0n) is 12.3. The highest BCUT2D eigenvalue weighted by molar-refractivity contribution is 5.95. The summed E-state index contributed by atoms with van der Waals surface area (Å²) in [5.41, 5.74) is 0.864. The van der Waals surface area contributed by atoms with Crippen molar-refractivity contribution >= 4 is 11.9 Å². The molecule has 24 heavy (non-hydrogen) atoms. The Morgan fingerprint density at radius 2 is 1.33 bits per heavy atom. The van der Waals surface area contributed by atoms with Gasteiger partial charge in [0, 0.05) is 23.0 Å². The summed E-state index contributed by atoms with van der Waals surface area (Å²) < 4.78 is 1.11. The first kappa shape index (κ1) is 14.4. The Balaban J connectivity index is 1.95. The number of aromatic hydroxyl groups is 2. The maximum absolute atomic E-state index is 11.2. The third kappa shape index (κ3) is 1.78. The molecule has 0 spiro atoms. The number of hydrogen-bond donors (Lipinski definition) is 4. The number of fused-ring (bicyclic) bond motifs is 5. The second-order valence-electron chi connectivity index (χ2n) is 6.02. The van der Waals surface area contributed by atoms with Gasteiger partial charge in [0.25, 0.3) is 0 Å². The van der Waals surface area contributed by atoms with E-state index in [1.54, 1.807) is 0 Å². The number of rotatable bonds is 3. The Bertz CT molecular complexity index is 871. The Morgan fingerprint density at radius 3 is 1.75 bits per heavy atom. The summed E-state index contributed by atoms with van der Waals surface area (Å²) in [6.07, 6.45) is 4.72. The molecule has 2 bridgehead atoms. The number of carboxylic acid groups (broad SMARTS) is 2. The monoisotopic (exact) mass is 327 g/mol. The number of carbonyl (C=O) groups is 2. The third-order valence-electron chi connectivity index (χ3n) is 4.69. The van der Waals surface area contributed by atoms with Gasteiger partial charge < -0.3 is 20.4 Å². The molecule has 4 rings (SSSR count). The van der Waals surface area contributed by atoms with Gasteiger partial charge in [-0.2, -0.15) is 0 Å². The molecular formula is C17H13NO6. The van der Waals surface area contributed by atoms with Crippen LogP contribution in [0.15, 0.2) is 30.4 Å². The fourth-order valence-corrected chi connectivity index (χ4v) is 3.67. The predicted octanol–water partition coefficient (Wildman–Crippen LogP) is 2.43. The van der Waals surface area contributed by atoms with E-state index in [9.17, 15) is 30.0 Å². The van der Waals surface area contributed by atoms with Crippen LogP contribution in [-0.4, -0.2) is 36.9 Å². The van der Waals surface area contributed by atoms with Crippen LogP contribution < -0.4 is 0 Å². The van der Waals surface area contributed by atoms with Crippen molar-refractivity contribution in [1.29, 1.82) is 0 Å². The van der Waals surface area contributed by atoms with Crippen LogP contribution in [0.2, 0.25) is 0 Å². The van der Waals surface area contributed by atoms with Crippen molar-refractivity contribution in [1.82, 2.24) is 4.57 Å². The SMILES string of the molecule is O=C(O)c1cc(C(=O)O)cc(-n2c(O)c3c(c2O)C2C=CC3C2)c1. The van der Waals surface area contributed by atoms with Gasteiger partial charge in [-0.15, -0.1) is 0 Å². The molecule has 2 aliphatic carbocycles. The molecule has 0 aliphatic heterocycles. The topological polar surface area (TPSA) is 120 Å². The van der Waals surface area contributed by atoms with Crippen LogP contribution in [0, 0.1) is 0 Å². The molecule has 2 aromatic rings. The van der Waals surface area contributed by atoms with E-state index in [4.69, 9.17) is 0 Å². The fraction of sp³-hybridized carbons (Fsp3) is 0.176. The van der Waals surface area contributed by atoms with Crippen molar-refractivity contribution < 1.29 is 30.0 Å². The summed E-state index contributed by atoms with van der Waals surface area (Å²) in [5.74, 6) is -2.92. The van der Waals surface area contributed by atoms with E-state index in [0.717, 1.165) is 17.1 Å². The van der Waals surface area contributed by atoms with Gasteiger partial charge >= 0.3 is 11.9 Å². The van der Waals surface area contributed by atoms with Crippen LogP contribution in [0.3, 0.4) is 0 Å². The summed E-state index contributed by atoms with van der Waals surface area (Å²) >= 11 is 0. The summed E-state index contributed by atoms with van der Waals surface area (Å²) in [7, 11) is 0. The van der Waals surface area contributed by atoms with Crippen LogP contribution >= 0.6 is 0 Å². The van der Waals surface area contributed by atoms with E-state index in [1.165, 1.54) is 12.1 Å². The minimum atomic E-state index is -1.29. The third-order valence-corrected chi connectivity index (χ3v) is 4.69. The second kappa shape index (κ2) is 4.64. The molecular weight excluding hydrogens is 314 g/mol. The smallest absolute Gasteiger partial charge is 0.335 e. The Kier molecular flexibility index (Phi) is 2.78. The van der Waals surface area contributed by atoms with Gasteiger partial charge in [-0.1, -0.05) is 12.2 Å². The zero-order chi connectivity index (χ0) is 17.2. The van der Waals surface area contributed by atoms with Crippen molar-refractivity contribution in [2.75, 3.05) is 0 Å². The van der Waals surface area contributed by atoms with Gasteiger partial charge in [0.1, 0.15) is 0 Å². The number of aromatic nitrogens is 1. The molecule has 4 N–H and O–H groups in total. The number of aromatic carboxylic acids is 2. The first-order valence-corrected chi connectivity index (χ1v) is 7.35. The predicted molar refractivity (Wildman–Crippen MR) is 82.3 cm³/mol. The van der Waals surface area contributed by atoms with Crippen LogP contribution in [0.25, 0.3) is 5.69 Å². The fourth-order valence-electron chi connectivity index (χ4n) is 3.67. The lowest BCUT2D eigenvalue weighted by molar-refractivity contribution is 0.0696. The lowest BCUT2D eigenvalue weighted by Crippen LogP contribution is -2.06.